The number of aliphatic imine (C=N–C) groups is 1. The second kappa shape index (κ2) is 5.14. The monoisotopic (exact) mass is 170 g/mol. The van der Waals surface area contributed by atoms with E-state index in [1.165, 1.54) is 0 Å². The first-order valence-corrected chi connectivity index (χ1v) is 4.69. The van der Waals surface area contributed by atoms with Crippen LogP contribution in [-0.2, 0) is 4.74 Å². The Balaban J connectivity index is 2.21. The second-order valence-electron chi connectivity index (χ2n) is 3.24. The Morgan fingerprint density at radius 3 is 2.75 bits per heavy atom. The molecule has 0 aromatic carbocycles. The molecule has 0 unspecified atom stereocenters. The van der Waals surface area contributed by atoms with E-state index in [2.05, 4.69) is 4.99 Å². The maximum absolute atomic E-state index is 5.61. The lowest BCUT2D eigenvalue weighted by atomic mass is 10.0. The summed E-state index contributed by atoms with van der Waals surface area (Å²) in [5, 5.41) is 0. The van der Waals surface area contributed by atoms with Crippen LogP contribution in [0.15, 0.2) is 4.99 Å². The minimum absolute atomic E-state index is 0.698. The molecule has 1 saturated heterocycles. The summed E-state index contributed by atoms with van der Waals surface area (Å²) >= 11 is 0. The van der Waals surface area contributed by atoms with E-state index in [1.54, 1.807) is 0 Å². The number of amidine groups is 1. The van der Waals surface area contributed by atoms with E-state index in [1.807, 2.05) is 6.92 Å². The van der Waals surface area contributed by atoms with Crippen LogP contribution in [0.4, 0.5) is 0 Å². The first kappa shape index (κ1) is 9.52. The summed E-state index contributed by atoms with van der Waals surface area (Å²) in [6.45, 7) is 4.71. The van der Waals surface area contributed by atoms with Crippen LogP contribution < -0.4 is 5.73 Å². The lowest BCUT2D eigenvalue weighted by molar-refractivity contribution is 0.0689. The molecule has 1 aliphatic rings. The summed E-state index contributed by atoms with van der Waals surface area (Å²) in [5.41, 5.74) is 5.61. The highest BCUT2D eigenvalue weighted by Gasteiger charge is 2.12. The van der Waals surface area contributed by atoms with Crippen LogP contribution in [0.2, 0.25) is 0 Å². The Labute approximate surface area is 74.0 Å². The predicted molar refractivity (Wildman–Crippen MR) is 50.3 cm³/mol. The largest absolute Gasteiger partial charge is 0.387 e. The van der Waals surface area contributed by atoms with E-state index < -0.39 is 0 Å². The molecule has 3 nitrogen and oxygen atoms in total. The van der Waals surface area contributed by atoms with Gasteiger partial charge in [-0.3, -0.25) is 4.99 Å². The molecule has 0 spiro atoms. The van der Waals surface area contributed by atoms with Gasteiger partial charge in [0.25, 0.3) is 0 Å². The zero-order valence-corrected chi connectivity index (χ0v) is 7.75. The molecule has 1 rings (SSSR count). The number of rotatable bonds is 3. The van der Waals surface area contributed by atoms with Gasteiger partial charge in [-0.05, 0) is 18.8 Å². The highest BCUT2D eigenvalue weighted by atomic mass is 16.5. The van der Waals surface area contributed by atoms with Gasteiger partial charge in [-0.2, -0.15) is 0 Å². The topological polar surface area (TPSA) is 47.6 Å². The Morgan fingerprint density at radius 1 is 1.50 bits per heavy atom. The first-order chi connectivity index (χ1) is 5.83. The summed E-state index contributed by atoms with van der Waals surface area (Å²) < 4.78 is 5.25. The van der Waals surface area contributed by atoms with E-state index in [0.29, 0.717) is 5.92 Å². The maximum atomic E-state index is 5.61. The van der Waals surface area contributed by atoms with E-state index in [-0.39, 0.29) is 0 Å². The molecule has 0 aromatic rings. The number of nitrogens with two attached hydrogens (primary N) is 1. The van der Waals surface area contributed by atoms with Crippen molar-refractivity contribution in [1.29, 1.82) is 0 Å². The molecule has 1 aliphatic heterocycles. The van der Waals surface area contributed by atoms with E-state index >= 15 is 0 Å². The average molecular weight is 170 g/mol. The fourth-order valence-corrected chi connectivity index (χ4v) is 1.29. The van der Waals surface area contributed by atoms with Crippen LogP contribution in [0.25, 0.3) is 0 Å². The SMILES string of the molecule is CCC(N)=NCC1CCOCC1. The molecule has 0 aliphatic carbocycles. The van der Waals surface area contributed by atoms with Crippen molar-refractivity contribution in [1.82, 2.24) is 0 Å². The first-order valence-electron chi connectivity index (χ1n) is 4.69. The second-order valence-corrected chi connectivity index (χ2v) is 3.24. The molecule has 12 heavy (non-hydrogen) atoms. The summed E-state index contributed by atoms with van der Waals surface area (Å²) in [6.07, 6.45) is 3.14. The summed E-state index contributed by atoms with van der Waals surface area (Å²) in [4.78, 5) is 4.31. The molecule has 3 heteroatoms. The van der Waals surface area contributed by atoms with Crippen LogP contribution >= 0.6 is 0 Å². The fraction of sp³-hybridized carbons (Fsp3) is 0.889. The Hall–Kier alpha value is -0.570. The maximum Gasteiger partial charge on any atom is 0.0934 e. The lowest BCUT2D eigenvalue weighted by Gasteiger charge is -2.20. The molecule has 2 N–H and O–H groups in total. The molecule has 1 heterocycles. The van der Waals surface area contributed by atoms with E-state index in [4.69, 9.17) is 10.5 Å². The lowest BCUT2D eigenvalue weighted by Crippen LogP contribution is -2.20. The summed E-state index contributed by atoms with van der Waals surface area (Å²) in [7, 11) is 0. The van der Waals surface area contributed by atoms with Crippen molar-refractivity contribution in [2.45, 2.75) is 26.2 Å². The number of nitrogens with zero attached hydrogens (tertiary/aromatic N) is 1. The minimum Gasteiger partial charge on any atom is -0.387 e. The minimum atomic E-state index is 0.698. The van der Waals surface area contributed by atoms with Crippen molar-refractivity contribution in [3.63, 3.8) is 0 Å². The van der Waals surface area contributed by atoms with Crippen molar-refractivity contribution in [3.8, 4) is 0 Å². The zero-order valence-electron chi connectivity index (χ0n) is 7.75. The summed E-state index contributed by atoms with van der Waals surface area (Å²) in [6, 6.07) is 0. The van der Waals surface area contributed by atoms with Crippen LogP contribution in [0.1, 0.15) is 26.2 Å². The molecule has 0 bridgehead atoms. The third-order valence-electron chi connectivity index (χ3n) is 2.26. The van der Waals surface area contributed by atoms with Gasteiger partial charge < -0.3 is 10.5 Å². The van der Waals surface area contributed by atoms with Crippen molar-refractivity contribution in [2.75, 3.05) is 19.8 Å². The van der Waals surface area contributed by atoms with Gasteiger partial charge in [0.1, 0.15) is 0 Å². The quantitative estimate of drug-likeness (QED) is 0.510. The van der Waals surface area contributed by atoms with Crippen molar-refractivity contribution >= 4 is 5.84 Å². The van der Waals surface area contributed by atoms with Crippen LogP contribution in [-0.4, -0.2) is 25.6 Å². The van der Waals surface area contributed by atoms with Crippen molar-refractivity contribution in [3.05, 3.63) is 0 Å². The van der Waals surface area contributed by atoms with Gasteiger partial charge in [0.15, 0.2) is 0 Å². The Kier molecular flexibility index (Phi) is 4.08. The number of hydrogen-bond acceptors (Lipinski definition) is 2. The van der Waals surface area contributed by atoms with Gasteiger partial charge in [0, 0.05) is 26.2 Å². The van der Waals surface area contributed by atoms with Gasteiger partial charge in [-0.1, -0.05) is 6.92 Å². The van der Waals surface area contributed by atoms with Gasteiger partial charge in [0.05, 0.1) is 5.84 Å². The molecule has 70 valence electrons. The molecule has 1 fully saturated rings. The molecule has 0 saturated carbocycles. The van der Waals surface area contributed by atoms with Crippen LogP contribution in [0, 0.1) is 5.92 Å². The molecule has 0 amide bonds. The highest BCUT2D eigenvalue weighted by Crippen LogP contribution is 2.14. The third-order valence-corrected chi connectivity index (χ3v) is 2.26. The van der Waals surface area contributed by atoms with Crippen LogP contribution in [0.3, 0.4) is 0 Å². The summed E-state index contributed by atoms with van der Waals surface area (Å²) in [5.74, 6) is 1.48. The highest BCUT2D eigenvalue weighted by molar-refractivity contribution is 5.79. The molecule has 0 aromatic heterocycles. The Morgan fingerprint density at radius 2 is 2.17 bits per heavy atom. The number of hydrogen-bond donors (Lipinski definition) is 1. The van der Waals surface area contributed by atoms with Crippen molar-refractivity contribution in [2.24, 2.45) is 16.6 Å². The third kappa shape index (κ3) is 3.22. The predicted octanol–water partition coefficient (Wildman–Crippen LogP) is 1.18. The van der Waals surface area contributed by atoms with Gasteiger partial charge in [0.2, 0.25) is 0 Å². The van der Waals surface area contributed by atoms with E-state index in [9.17, 15) is 0 Å². The molecular weight excluding hydrogens is 152 g/mol. The van der Waals surface area contributed by atoms with Crippen molar-refractivity contribution < 1.29 is 4.74 Å². The standard InChI is InChI=1S/C9H18N2O/c1-2-9(10)11-7-8-3-5-12-6-4-8/h8H,2-7H2,1H3,(H2,10,11). The smallest absolute Gasteiger partial charge is 0.0934 e. The average Bonchev–Trinajstić information content (AvgIpc) is 2.16. The fourth-order valence-electron chi connectivity index (χ4n) is 1.29. The molecular formula is C9H18N2O. The number of ether oxygens (including phenoxy) is 1. The Bertz CT molecular complexity index is 151. The van der Waals surface area contributed by atoms with Crippen LogP contribution in [0.5, 0.6) is 0 Å². The normalized spacial score (nSPS) is 21.2. The van der Waals surface area contributed by atoms with Gasteiger partial charge in [-0.15, -0.1) is 0 Å². The van der Waals surface area contributed by atoms with Gasteiger partial charge in [-0.25, -0.2) is 0 Å². The van der Waals surface area contributed by atoms with E-state index in [0.717, 1.165) is 44.9 Å². The molecule has 0 radical (unpaired) electrons. The van der Waals surface area contributed by atoms with Gasteiger partial charge >= 0.3 is 0 Å². The zero-order chi connectivity index (χ0) is 8.81. The molecule has 0 atom stereocenters.